The first-order valence-electron chi connectivity index (χ1n) is 7.96. The van der Waals surface area contributed by atoms with Crippen molar-refractivity contribution in [1.82, 2.24) is 0 Å². The first kappa shape index (κ1) is 17.1. The summed E-state index contributed by atoms with van der Waals surface area (Å²) < 4.78 is 0. The lowest BCUT2D eigenvalue weighted by Crippen LogP contribution is -1.90. The third kappa shape index (κ3) is 4.42. The van der Waals surface area contributed by atoms with Crippen LogP contribution in [-0.4, -0.2) is 16.2 Å². The van der Waals surface area contributed by atoms with Gasteiger partial charge in [0.05, 0.1) is 10.6 Å². The van der Waals surface area contributed by atoms with Gasteiger partial charge in [-0.15, -0.1) is 0 Å². The van der Waals surface area contributed by atoms with E-state index in [1.165, 1.54) is 24.4 Å². The molecule has 5 heteroatoms. The fourth-order valence-corrected chi connectivity index (χ4v) is 2.33. The molecule has 5 nitrogen and oxygen atoms in total. The van der Waals surface area contributed by atoms with E-state index in [0.717, 1.165) is 11.1 Å². The number of benzene rings is 3. The second-order valence-electron chi connectivity index (χ2n) is 5.59. The molecule has 0 heterocycles. The molecule has 0 fully saturated rings. The molecule has 0 bridgehead atoms. The zero-order valence-corrected chi connectivity index (χ0v) is 13.8. The van der Waals surface area contributed by atoms with Crippen LogP contribution in [0.5, 0.6) is 5.75 Å². The van der Waals surface area contributed by atoms with Crippen LogP contribution in [0.25, 0.3) is 12.2 Å². The molecule has 0 atom stereocenters. The molecule has 0 unspecified atom stereocenters. The summed E-state index contributed by atoms with van der Waals surface area (Å²) in [7, 11) is 0. The highest BCUT2D eigenvalue weighted by molar-refractivity contribution is 5.86. The van der Waals surface area contributed by atoms with E-state index in [2.05, 4.69) is 4.99 Å². The maximum Gasteiger partial charge on any atom is 0.270 e. The van der Waals surface area contributed by atoms with E-state index >= 15 is 0 Å². The molecule has 0 amide bonds. The highest BCUT2D eigenvalue weighted by atomic mass is 16.6. The first-order valence-corrected chi connectivity index (χ1v) is 7.96. The molecule has 128 valence electrons. The molecular formula is C21H16N2O3. The van der Waals surface area contributed by atoms with E-state index in [0.29, 0.717) is 11.3 Å². The van der Waals surface area contributed by atoms with Crippen LogP contribution in [0.2, 0.25) is 0 Å². The lowest BCUT2D eigenvalue weighted by atomic mass is 10.1. The predicted octanol–water partition coefficient (Wildman–Crippen LogP) is 5.22. The number of hydrogen-bond donors (Lipinski definition) is 1. The van der Waals surface area contributed by atoms with Crippen LogP contribution in [-0.2, 0) is 0 Å². The number of rotatable bonds is 5. The van der Waals surface area contributed by atoms with Crippen molar-refractivity contribution >= 4 is 29.7 Å². The number of aliphatic imine (C=N–C) groups is 1. The van der Waals surface area contributed by atoms with Gasteiger partial charge in [0.25, 0.3) is 5.69 Å². The molecule has 1 N–H and O–H groups in total. The summed E-state index contributed by atoms with van der Waals surface area (Å²) in [6, 6.07) is 21.4. The average molecular weight is 344 g/mol. The van der Waals surface area contributed by atoms with Crippen molar-refractivity contribution in [1.29, 1.82) is 0 Å². The van der Waals surface area contributed by atoms with E-state index in [1.807, 2.05) is 66.7 Å². The maximum atomic E-state index is 10.8. The van der Waals surface area contributed by atoms with Crippen LogP contribution in [0.15, 0.2) is 77.8 Å². The molecule has 0 aromatic heterocycles. The number of nitrogens with zero attached hydrogens (tertiary/aromatic N) is 2. The number of aromatic hydroxyl groups is 1. The van der Waals surface area contributed by atoms with Crippen molar-refractivity contribution in [2.45, 2.75) is 0 Å². The Hall–Kier alpha value is -3.73. The lowest BCUT2D eigenvalue weighted by molar-refractivity contribution is -0.384. The number of non-ortho nitro benzene ring substituents is 1. The van der Waals surface area contributed by atoms with Crippen LogP contribution in [0, 0.1) is 10.1 Å². The number of phenols is 1. The zero-order valence-electron chi connectivity index (χ0n) is 13.8. The number of nitro groups is 1. The summed E-state index contributed by atoms with van der Waals surface area (Å²) in [5.41, 5.74) is 3.05. The van der Waals surface area contributed by atoms with Gasteiger partial charge >= 0.3 is 0 Å². The quantitative estimate of drug-likeness (QED) is 0.298. The van der Waals surface area contributed by atoms with Crippen LogP contribution < -0.4 is 0 Å². The minimum Gasteiger partial charge on any atom is -0.507 e. The Bertz CT molecular complexity index is 962. The summed E-state index contributed by atoms with van der Waals surface area (Å²) in [5.74, 6) is -0.0539. The summed E-state index contributed by atoms with van der Waals surface area (Å²) in [6.07, 6.45) is 5.45. The van der Waals surface area contributed by atoms with Crippen molar-refractivity contribution in [2.75, 3.05) is 0 Å². The molecule has 0 spiro atoms. The Labute approximate surface area is 150 Å². The summed E-state index contributed by atoms with van der Waals surface area (Å²) in [6.45, 7) is 0. The Morgan fingerprint density at radius 1 is 0.885 bits per heavy atom. The van der Waals surface area contributed by atoms with Crippen molar-refractivity contribution in [3.63, 3.8) is 0 Å². The number of phenolic OH excluding ortho intramolecular Hbond substituents is 1. The van der Waals surface area contributed by atoms with E-state index in [1.54, 1.807) is 0 Å². The fraction of sp³-hybridized carbons (Fsp3) is 0. The van der Waals surface area contributed by atoms with Gasteiger partial charge in [0.1, 0.15) is 5.75 Å². The molecule has 0 saturated heterocycles. The number of hydrogen-bond acceptors (Lipinski definition) is 4. The van der Waals surface area contributed by atoms with Gasteiger partial charge in [0.15, 0.2) is 0 Å². The molecule has 0 aliphatic heterocycles. The Morgan fingerprint density at radius 2 is 1.54 bits per heavy atom. The van der Waals surface area contributed by atoms with Crippen molar-refractivity contribution in [3.05, 3.63) is 99.6 Å². The normalized spacial score (nSPS) is 11.2. The molecule has 0 saturated carbocycles. The Balaban J connectivity index is 1.73. The standard InChI is InChI=1S/C21H16N2O3/c24-21-13-12-20(23(25)26)14-18(21)15-22-19-10-8-17(9-11-19)7-6-16-4-2-1-3-5-16/h1-15,24H/b7-6+,22-15?. The minimum atomic E-state index is -0.509. The molecule has 3 aromatic rings. The van der Waals surface area contributed by atoms with Gasteiger partial charge in [0.2, 0.25) is 0 Å². The monoisotopic (exact) mass is 344 g/mol. The summed E-state index contributed by atoms with van der Waals surface area (Å²) in [5, 5.41) is 20.6. The third-order valence-electron chi connectivity index (χ3n) is 3.74. The van der Waals surface area contributed by atoms with E-state index in [4.69, 9.17) is 0 Å². The van der Waals surface area contributed by atoms with Crippen molar-refractivity contribution in [3.8, 4) is 5.75 Å². The Kier molecular flexibility index (Phi) is 5.19. The molecule has 0 radical (unpaired) electrons. The maximum absolute atomic E-state index is 10.8. The third-order valence-corrected chi connectivity index (χ3v) is 3.74. The zero-order chi connectivity index (χ0) is 18.4. The van der Waals surface area contributed by atoms with Crippen LogP contribution in [0.4, 0.5) is 11.4 Å². The van der Waals surface area contributed by atoms with Gasteiger partial charge in [-0.25, -0.2) is 0 Å². The minimum absolute atomic E-state index is 0.0539. The van der Waals surface area contributed by atoms with Crippen LogP contribution in [0.1, 0.15) is 16.7 Å². The average Bonchev–Trinajstić information content (AvgIpc) is 2.67. The molecule has 0 aliphatic carbocycles. The Morgan fingerprint density at radius 3 is 2.19 bits per heavy atom. The van der Waals surface area contributed by atoms with Gasteiger partial charge < -0.3 is 5.11 Å². The van der Waals surface area contributed by atoms with Crippen molar-refractivity contribution in [2.24, 2.45) is 4.99 Å². The second kappa shape index (κ2) is 7.90. The topological polar surface area (TPSA) is 75.7 Å². The van der Waals surface area contributed by atoms with E-state index in [9.17, 15) is 15.2 Å². The van der Waals surface area contributed by atoms with Gasteiger partial charge in [-0.3, -0.25) is 15.1 Å². The fourth-order valence-electron chi connectivity index (χ4n) is 2.33. The first-order chi connectivity index (χ1) is 12.6. The molecule has 0 aliphatic rings. The van der Waals surface area contributed by atoms with Crippen molar-refractivity contribution < 1.29 is 10.0 Å². The predicted molar refractivity (Wildman–Crippen MR) is 104 cm³/mol. The SMILES string of the molecule is O=[N+]([O-])c1ccc(O)c(C=Nc2ccc(/C=C/c3ccccc3)cc2)c1. The largest absolute Gasteiger partial charge is 0.507 e. The van der Waals surface area contributed by atoms with Crippen LogP contribution >= 0.6 is 0 Å². The molecule has 26 heavy (non-hydrogen) atoms. The highest BCUT2D eigenvalue weighted by Gasteiger charge is 2.08. The smallest absolute Gasteiger partial charge is 0.270 e. The highest BCUT2D eigenvalue weighted by Crippen LogP contribution is 2.22. The van der Waals surface area contributed by atoms with E-state index < -0.39 is 4.92 Å². The van der Waals surface area contributed by atoms with Gasteiger partial charge in [0, 0.05) is 23.9 Å². The van der Waals surface area contributed by atoms with E-state index in [-0.39, 0.29) is 11.4 Å². The van der Waals surface area contributed by atoms with Gasteiger partial charge in [-0.2, -0.15) is 0 Å². The summed E-state index contributed by atoms with van der Waals surface area (Å²) >= 11 is 0. The molecular weight excluding hydrogens is 328 g/mol. The van der Waals surface area contributed by atoms with Crippen LogP contribution in [0.3, 0.4) is 0 Å². The summed E-state index contributed by atoms with van der Waals surface area (Å²) in [4.78, 5) is 14.6. The second-order valence-corrected chi connectivity index (χ2v) is 5.59. The lowest BCUT2D eigenvalue weighted by Gasteiger charge is -1.99. The van der Waals surface area contributed by atoms with Gasteiger partial charge in [-0.05, 0) is 29.3 Å². The molecule has 3 aromatic carbocycles. The molecule has 3 rings (SSSR count). The van der Waals surface area contributed by atoms with Gasteiger partial charge in [-0.1, -0.05) is 54.6 Å². The number of nitro benzene ring substituents is 1.